The Labute approximate surface area is 242 Å². The molecule has 1 aromatic heterocycles. The number of aliphatic hydroxyl groups is 1. The summed E-state index contributed by atoms with van der Waals surface area (Å²) in [6.45, 7) is 6.05. The summed E-state index contributed by atoms with van der Waals surface area (Å²) in [5.74, 6) is 1.74. The van der Waals surface area contributed by atoms with Gasteiger partial charge in [0.05, 0.1) is 6.10 Å². The van der Waals surface area contributed by atoms with E-state index in [1.807, 2.05) is 18.2 Å². The van der Waals surface area contributed by atoms with Gasteiger partial charge >= 0.3 is 0 Å². The van der Waals surface area contributed by atoms with Crippen molar-refractivity contribution >= 4 is 21.4 Å². The number of aliphatic hydroxyl groups excluding tert-OH is 1. The van der Waals surface area contributed by atoms with Gasteiger partial charge in [0.15, 0.2) is 0 Å². The van der Waals surface area contributed by atoms with E-state index in [1.54, 1.807) is 17.4 Å². The van der Waals surface area contributed by atoms with E-state index in [0.717, 1.165) is 35.4 Å². The molecule has 1 aliphatic carbocycles. The van der Waals surface area contributed by atoms with Crippen LogP contribution in [0.15, 0.2) is 60.7 Å². The van der Waals surface area contributed by atoms with E-state index in [2.05, 4.69) is 48.2 Å². The molecule has 1 saturated heterocycles. The first kappa shape index (κ1) is 27.3. The van der Waals surface area contributed by atoms with E-state index in [4.69, 9.17) is 4.74 Å². The average molecular weight is 556 g/mol. The maximum absolute atomic E-state index is 10.4. The zero-order valence-electron chi connectivity index (χ0n) is 23.6. The molecule has 0 unspecified atom stereocenters. The molecule has 2 aliphatic rings. The van der Waals surface area contributed by atoms with Crippen LogP contribution in [0.4, 0.5) is 0 Å². The lowest BCUT2D eigenvalue weighted by molar-refractivity contribution is 0.0855. The number of hydrogen-bond acceptors (Lipinski definition) is 5. The summed E-state index contributed by atoms with van der Waals surface area (Å²) in [7, 11) is 0. The van der Waals surface area contributed by atoms with Gasteiger partial charge in [0.25, 0.3) is 0 Å². The summed E-state index contributed by atoms with van der Waals surface area (Å²) >= 11 is 1.73. The largest absolute Gasteiger partial charge is 0.508 e. The molecule has 1 aliphatic heterocycles. The number of ether oxygens (including phenoxy) is 1. The van der Waals surface area contributed by atoms with Crippen molar-refractivity contribution in [3.05, 3.63) is 82.9 Å². The first-order valence-corrected chi connectivity index (χ1v) is 15.8. The minimum atomic E-state index is -0.408. The lowest BCUT2D eigenvalue weighted by atomic mass is 9.96. The molecule has 0 spiro atoms. The minimum Gasteiger partial charge on any atom is -0.508 e. The molecule has 4 nitrogen and oxygen atoms in total. The Hall–Kier alpha value is -2.86. The smallest absolute Gasteiger partial charge is 0.119 e. The van der Waals surface area contributed by atoms with Crippen LogP contribution in [0.2, 0.25) is 0 Å². The summed E-state index contributed by atoms with van der Waals surface area (Å²) in [6, 6.07) is 21.0. The number of benzene rings is 3. The number of rotatable bonds is 10. The second kappa shape index (κ2) is 12.3. The Kier molecular flexibility index (Phi) is 8.43. The molecule has 2 fully saturated rings. The molecule has 0 bridgehead atoms. The second-order valence-corrected chi connectivity index (χ2v) is 12.9. The monoisotopic (exact) mass is 555 g/mol. The number of aromatic hydroxyl groups is 1. The number of fused-ring (bicyclic) bond motifs is 1. The molecule has 0 radical (unpaired) electrons. The topological polar surface area (TPSA) is 52.9 Å². The van der Waals surface area contributed by atoms with Crippen molar-refractivity contribution in [2.45, 2.75) is 70.9 Å². The normalized spacial score (nSPS) is 17.1. The van der Waals surface area contributed by atoms with Crippen molar-refractivity contribution in [1.82, 2.24) is 4.90 Å². The van der Waals surface area contributed by atoms with Crippen molar-refractivity contribution in [2.75, 3.05) is 19.7 Å². The van der Waals surface area contributed by atoms with Crippen LogP contribution in [0.3, 0.4) is 0 Å². The van der Waals surface area contributed by atoms with Gasteiger partial charge in [-0.3, -0.25) is 4.90 Å². The molecule has 4 aromatic rings. The third-order valence-electron chi connectivity index (χ3n) is 8.80. The Morgan fingerprint density at radius 3 is 2.48 bits per heavy atom. The lowest BCUT2D eigenvalue weighted by Gasteiger charge is -2.17. The van der Waals surface area contributed by atoms with Crippen molar-refractivity contribution in [1.29, 1.82) is 0 Å². The van der Waals surface area contributed by atoms with Crippen LogP contribution in [0, 0.1) is 12.8 Å². The first-order valence-electron chi connectivity index (χ1n) is 15.0. The Morgan fingerprint density at radius 1 is 0.950 bits per heavy atom. The first-order chi connectivity index (χ1) is 19.5. The molecule has 6 rings (SSSR count). The van der Waals surface area contributed by atoms with E-state index in [-0.39, 0.29) is 0 Å². The second-order valence-electron chi connectivity index (χ2n) is 11.9. The average Bonchev–Trinajstić information content (AvgIpc) is 3.72. The molecular weight excluding hydrogens is 514 g/mol. The third-order valence-corrected chi connectivity index (χ3v) is 10.0. The fraction of sp³-hybridized carbons (Fsp3) is 0.429. The van der Waals surface area contributed by atoms with Crippen molar-refractivity contribution in [3.8, 4) is 21.9 Å². The zero-order chi connectivity index (χ0) is 27.5. The van der Waals surface area contributed by atoms with E-state index < -0.39 is 6.10 Å². The molecule has 2 N–H and O–H groups in total. The molecule has 5 heteroatoms. The van der Waals surface area contributed by atoms with Gasteiger partial charge in [-0.1, -0.05) is 43.9 Å². The Balaban J connectivity index is 1.20. The van der Waals surface area contributed by atoms with Crippen LogP contribution in [0.1, 0.15) is 67.2 Å². The van der Waals surface area contributed by atoms with Gasteiger partial charge in [0.2, 0.25) is 0 Å². The maximum atomic E-state index is 10.4. The number of phenolic OH excluding ortho intramolecular Hbond substituents is 1. The molecule has 1 saturated carbocycles. The maximum Gasteiger partial charge on any atom is 0.119 e. The number of thiophene rings is 1. The summed E-state index contributed by atoms with van der Waals surface area (Å²) in [6.07, 6.45) is 8.98. The van der Waals surface area contributed by atoms with Crippen molar-refractivity contribution < 1.29 is 14.9 Å². The van der Waals surface area contributed by atoms with Crippen LogP contribution in [-0.4, -0.2) is 40.9 Å². The van der Waals surface area contributed by atoms with E-state index >= 15 is 0 Å². The van der Waals surface area contributed by atoms with Gasteiger partial charge in [0.1, 0.15) is 18.1 Å². The number of hydrogen-bond donors (Lipinski definition) is 2. The highest BCUT2D eigenvalue weighted by atomic mass is 32.1. The quantitative estimate of drug-likeness (QED) is 0.208. The molecule has 40 heavy (non-hydrogen) atoms. The van der Waals surface area contributed by atoms with Crippen molar-refractivity contribution in [3.63, 3.8) is 0 Å². The molecule has 2 heterocycles. The number of phenols is 1. The van der Waals surface area contributed by atoms with Crippen molar-refractivity contribution in [2.24, 2.45) is 5.92 Å². The Bertz CT molecular complexity index is 1430. The van der Waals surface area contributed by atoms with Crippen LogP contribution in [0.25, 0.3) is 20.5 Å². The van der Waals surface area contributed by atoms with Crippen LogP contribution in [0.5, 0.6) is 11.5 Å². The minimum absolute atomic E-state index is 0.300. The van der Waals surface area contributed by atoms with Gasteiger partial charge in [-0.15, -0.1) is 11.3 Å². The van der Waals surface area contributed by atoms with Crippen LogP contribution in [-0.2, 0) is 13.0 Å². The van der Waals surface area contributed by atoms with E-state index in [9.17, 15) is 10.2 Å². The fourth-order valence-corrected chi connectivity index (χ4v) is 7.83. The fourth-order valence-electron chi connectivity index (χ4n) is 6.57. The molecular formula is C35H41NO3S. The highest BCUT2D eigenvalue weighted by Gasteiger charge is 2.20. The summed E-state index contributed by atoms with van der Waals surface area (Å²) in [5, 5.41) is 21.8. The standard InChI is InChI=1S/C35H41NO3S/c1-24-18-26(8-9-28(24)22-36-16-4-5-17-36)20-33-32-15-12-29(37)21-34(32)40-35(33)27-10-13-31(14-11-27)39-23-30(38)19-25-6-2-3-7-25/h8-15,18,21,25,30,37-38H,2-7,16-17,19-20,22-23H2,1H3/t30-/m1/s1. The summed E-state index contributed by atoms with van der Waals surface area (Å²) < 4.78 is 7.06. The van der Waals surface area contributed by atoms with Gasteiger partial charge in [0, 0.05) is 16.1 Å². The van der Waals surface area contributed by atoms with Gasteiger partial charge in [-0.25, -0.2) is 0 Å². The molecule has 210 valence electrons. The van der Waals surface area contributed by atoms with E-state index in [1.165, 1.54) is 84.1 Å². The van der Waals surface area contributed by atoms with Gasteiger partial charge < -0.3 is 14.9 Å². The third kappa shape index (κ3) is 6.38. The van der Waals surface area contributed by atoms with Crippen LogP contribution < -0.4 is 4.74 Å². The molecule has 3 aromatic carbocycles. The van der Waals surface area contributed by atoms with E-state index in [0.29, 0.717) is 18.3 Å². The molecule has 1 atom stereocenters. The highest BCUT2D eigenvalue weighted by Crippen LogP contribution is 2.41. The van der Waals surface area contributed by atoms with Gasteiger partial charge in [-0.05, 0) is 127 Å². The lowest BCUT2D eigenvalue weighted by Crippen LogP contribution is -2.20. The van der Waals surface area contributed by atoms with Gasteiger partial charge in [-0.2, -0.15) is 0 Å². The predicted molar refractivity (Wildman–Crippen MR) is 165 cm³/mol. The summed E-state index contributed by atoms with van der Waals surface area (Å²) in [5.41, 5.74) is 6.55. The summed E-state index contributed by atoms with van der Waals surface area (Å²) in [4.78, 5) is 3.79. The predicted octanol–water partition coefficient (Wildman–Crippen LogP) is 8.09. The number of aryl methyl sites for hydroxylation is 1. The molecule has 0 amide bonds. The zero-order valence-corrected chi connectivity index (χ0v) is 24.4. The highest BCUT2D eigenvalue weighted by molar-refractivity contribution is 7.22. The SMILES string of the molecule is Cc1cc(Cc2c(-c3ccc(OC[C@H](O)CC4CCCC4)cc3)sc3cc(O)ccc23)ccc1CN1CCCC1. The Morgan fingerprint density at radius 2 is 1.73 bits per heavy atom. The van der Waals surface area contributed by atoms with Crippen LogP contribution >= 0.6 is 11.3 Å². The number of likely N-dealkylation sites (tertiary alicyclic amines) is 1. The number of nitrogens with zero attached hydrogens (tertiary/aromatic N) is 1.